The van der Waals surface area contributed by atoms with Gasteiger partial charge in [-0.25, -0.2) is 0 Å². The maximum absolute atomic E-state index is 6.06. The van der Waals surface area contributed by atoms with Crippen LogP contribution in [0.3, 0.4) is 0 Å². The smallest absolute Gasteiger partial charge is 0.0659 e. The molecule has 1 aromatic heterocycles. The summed E-state index contributed by atoms with van der Waals surface area (Å²) in [6, 6.07) is 18.9. The molecule has 0 radical (unpaired) electrons. The second-order valence-electron chi connectivity index (χ2n) is 5.55. The molecule has 1 heterocycles. The van der Waals surface area contributed by atoms with Gasteiger partial charge in [-0.3, -0.25) is 4.68 Å². The molecular formula is C19H21N3. The fourth-order valence-corrected chi connectivity index (χ4v) is 2.53. The molecule has 3 nitrogen and oxygen atoms in total. The summed E-state index contributed by atoms with van der Waals surface area (Å²) in [7, 11) is 0. The monoisotopic (exact) mass is 291 g/mol. The van der Waals surface area contributed by atoms with Gasteiger partial charge in [-0.05, 0) is 23.1 Å². The van der Waals surface area contributed by atoms with Crippen LogP contribution in [0.2, 0.25) is 0 Å². The van der Waals surface area contributed by atoms with E-state index in [1.54, 1.807) is 0 Å². The number of hydrogen-bond acceptors (Lipinski definition) is 2. The molecule has 0 aliphatic heterocycles. The molecule has 0 spiro atoms. The fraction of sp³-hybridized carbons (Fsp3) is 0.211. The zero-order chi connectivity index (χ0) is 15.4. The number of benzene rings is 2. The number of hydrogen-bond donors (Lipinski definition) is 1. The molecule has 0 bridgehead atoms. The van der Waals surface area contributed by atoms with Crippen molar-refractivity contribution in [2.24, 2.45) is 5.73 Å². The number of aromatic nitrogens is 2. The minimum Gasteiger partial charge on any atom is -0.324 e. The maximum Gasteiger partial charge on any atom is 0.0659 e. The van der Waals surface area contributed by atoms with Crippen molar-refractivity contribution >= 4 is 0 Å². The molecule has 0 saturated heterocycles. The van der Waals surface area contributed by atoms with Gasteiger partial charge in [-0.2, -0.15) is 5.10 Å². The van der Waals surface area contributed by atoms with Crippen molar-refractivity contribution in [3.05, 3.63) is 78.1 Å². The largest absolute Gasteiger partial charge is 0.324 e. The Morgan fingerprint density at radius 1 is 1.00 bits per heavy atom. The third kappa shape index (κ3) is 3.26. The molecule has 22 heavy (non-hydrogen) atoms. The van der Waals surface area contributed by atoms with E-state index in [1.807, 2.05) is 16.9 Å². The summed E-state index contributed by atoms with van der Waals surface area (Å²) in [4.78, 5) is 0. The summed E-state index contributed by atoms with van der Waals surface area (Å²) in [5, 5.41) is 4.45. The van der Waals surface area contributed by atoms with E-state index in [0.29, 0.717) is 0 Å². The van der Waals surface area contributed by atoms with Crippen LogP contribution in [-0.4, -0.2) is 9.78 Å². The third-order valence-electron chi connectivity index (χ3n) is 3.93. The lowest BCUT2D eigenvalue weighted by molar-refractivity contribution is 0.687. The van der Waals surface area contributed by atoms with Crippen molar-refractivity contribution in [3.8, 4) is 11.1 Å². The summed E-state index contributed by atoms with van der Waals surface area (Å²) < 4.78 is 1.97. The lowest BCUT2D eigenvalue weighted by Gasteiger charge is -2.09. The van der Waals surface area contributed by atoms with Gasteiger partial charge < -0.3 is 5.73 Å². The molecule has 3 rings (SSSR count). The second kappa shape index (κ2) is 6.58. The van der Waals surface area contributed by atoms with Gasteiger partial charge in [-0.1, -0.05) is 61.5 Å². The lowest BCUT2D eigenvalue weighted by Crippen LogP contribution is -2.07. The van der Waals surface area contributed by atoms with Crippen LogP contribution in [0.25, 0.3) is 11.1 Å². The maximum atomic E-state index is 6.06. The molecule has 0 aliphatic carbocycles. The Balaban J connectivity index is 1.76. The van der Waals surface area contributed by atoms with Crippen LogP contribution in [0.5, 0.6) is 0 Å². The van der Waals surface area contributed by atoms with E-state index in [0.717, 1.165) is 18.5 Å². The predicted molar refractivity (Wildman–Crippen MR) is 90.4 cm³/mol. The summed E-state index contributed by atoms with van der Waals surface area (Å²) in [5.74, 6) is 0. The van der Waals surface area contributed by atoms with Gasteiger partial charge in [0.15, 0.2) is 0 Å². The van der Waals surface area contributed by atoms with Crippen molar-refractivity contribution in [1.29, 1.82) is 0 Å². The van der Waals surface area contributed by atoms with E-state index in [9.17, 15) is 0 Å². The Kier molecular flexibility index (Phi) is 4.35. The van der Waals surface area contributed by atoms with Crippen LogP contribution in [0.4, 0.5) is 0 Å². The van der Waals surface area contributed by atoms with E-state index >= 15 is 0 Å². The Morgan fingerprint density at radius 3 is 2.41 bits per heavy atom. The standard InChI is InChI=1S/C19H21N3/c1-2-19(20)17-10-8-16(9-11-17)18-12-21-22(14-18)13-15-6-4-3-5-7-15/h3-12,14,19H,2,13,20H2,1H3. The van der Waals surface area contributed by atoms with E-state index in [2.05, 4.69) is 66.8 Å². The average molecular weight is 291 g/mol. The van der Waals surface area contributed by atoms with E-state index in [-0.39, 0.29) is 6.04 Å². The molecule has 0 amide bonds. The van der Waals surface area contributed by atoms with Crippen LogP contribution < -0.4 is 5.73 Å². The fourth-order valence-electron chi connectivity index (χ4n) is 2.53. The molecule has 112 valence electrons. The van der Waals surface area contributed by atoms with E-state index in [1.165, 1.54) is 16.7 Å². The molecular weight excluding hydrogens is 270 g/mol. The highest BCUT2D eigenvalue weighted by Gasteiger charge is 2.05. The van der Waals surface area contributed by atoms with Crippen molar-refractivity contribution in [2.45, 2.75) is 25.9 Å². The summed E-state index contributed by atoms with van der Waals surface area (Å²) in [5.41, 5.74) is 10.8. The third-order valence-corrected chi connectivity index (χ3v) is 3.93. The van der Waals surface area contributed by atoms with Gasteiger partial charge in [0.25, 0.3) is 0 Å². The average Bonchev–Trinajstić information content (AvgIpc) is 3.04. The second-order valence-corrected chi connectivity index (χ2v) is 5.55. The van der Waals surface area contributed by atoms with Crippen LogP contribution in [0, 0.1) is 0 Å². The molecule has 2 aromatic carbocycles. The first-order chi connectivity index (χ1) is 10.8. The Morgan fingerprint density at radius 2 is 1.73 bits per heavy atom. The predicted octanol–water partition coefficient (Wildman–Crippen LogP) is 4.01. The highest BCUT2D eigenvalue weighted by Crippen LogP contribution is 2.22. The molecule has 2 N–H and O–H groups in total. The normalized spacial score (nSPS) is 12.3. The van der Waals surface area contributed by atoms with Crippen LogP contribution in [0.1, 0.15) is 30.5 Å². The molecule has 0 fully saturated rings. The molecule has 3 heteroatoms. The lowest BCUT2D eigenvalue weighted by atomic mass is 10.0. The SMILES string of the molecule is CCC(N)c1ccc(-c2cnn(Cc3ccccc3)c2)cc1. The Labute approximate surface area is 131 Å². The minimum absolute atomic E-state index is 0.120. The quantitative estimate of drug-likeness (QED) is 0.772. The summed E-state index contributed by atoms with van der Waals surface area (Å²) in [6.07, 6.45) is 4.95. The van der Waals surface area contributed by atoms with Crippen molar-refractivity contribution in [1.82, 2.24) is 9.78 Å². The zero-order valence-corrected chi connectivity index (χ0v) is 12.8. The van der Waals surface area contributed by atoms with Crippen molar-refractivity contribution in [2.75, 3.05) is 0 Å². The topological polar surface area (TPSA) is 43.8 Å². The highest BCUT2D eigenvalue weighted by molar-refractivity contribution is 5.62. The molecule has 1 atom stereocenters. The van der Waals surface area contributed by atoms with E-state index < -0.39 is 0 Å². The minimum atomic E-state index is 0.120. The number of nitrogens with zero attached hydrogens (tertiary/aromatic N) is 2. The molecule has 3 aromatic rings. The van der Waals surface area contributed by atoms with Gasteiger partial charge >= 0.3 is 0 Å². The Bertz CT molecular complexity index is 714. The molecule has 0 saturated carbocycles. The number of rotatable bonds is 5. The van der Waals surface area contributed by atoms with Gasteiger partial charge in [0.05, 0.1) is 12.7 Å². The van der Waals surface area contributed by atoms with Gasteiger partial charge in [0, 0.05) is 17.8 Å². The van der Waals surface area contributed by atoms with Gasteiger partial charge in [0.2, 0.25) is 0 Å². The zero-order valence-electron chi connectivity index (χ0n) is 12.8. The Hall–Kier alpha value is -2.39. The van der Waals surface area contributed by atoms with Crippen LogP contribution in [-0.2, 0) is 6.54 Å². The summed E-state index contributed by atoms with van der Waals surface area (Å²) >= 11 is 0. The highest BCUT2D eigenvalue weighted by atomic mass is 15.3. The van der Waals surface area contributed by atoms with Crippen LogP contribution in [0.15, 0.2) is 67.0 Å². The van der Waals surface area contributed by atoms with Crippen molar-refractivity contribution in [3.63, 3.8) is 0 Å². The first kappa shape index (κ1) is 14.5. The summed E-state index contributed by atoms with van der Waals surface area (Å²) in [6.45, 7) is 2.89. The van der Waals surface area contributed by atoms with Crippen LogP contribution >= 0.6 is 0 Å². The molecule has 1 unspecified atom stereocenters. The van der Waals surface area contributed by atoms with Gasteiger partial charge in [-0.15, -0.1) is 0 Å². The molecule has 0 aliphatic rings. The van der Waals surface area contributed by atoms with E-state index in [4.69, 9.17) is 5.73 Å². The number of nitrogens with two attached hydrogens (primary N) is 1. The van der Waals surface area contributed by atoms with Gasteiger partial charge in [0.1, 0.15) is 0 Å². The first-order valence-electron chi connectivity index (χ1n) is 7.68. The van der Waals surface area contributed by atoms with Crippen molar-refractivity contribution < 1.29 is 0 Å². The first-order valence-corrected chi connectivity index (χ1v) is 7.68.